The van der Waals surface area contributed by atoms with Gasteiger partial charge in [0.25, 0.3) is 5.91 Å². The second kappa shape index (κ2) is 10.2. The summed E-state index contributed by atoms with van der Waals surface area (Å²) in [5, 5.41) is 2.94. The predicted octanol–water partition coefficient (Wildman–Crippen LogP) is 2.92. The fraction of sp³-hybridized carbons (Fsp3) is 0.458. The number of anilines is 2. The Hall–Kier alpha value is -2.46. The standard InChI is InChI=1S/C24H31N3O5S/c1-18(2)19-3-5-20(6-4-19)25-24(28)22-17-21(33(29,30)27-11-15-32-16-12-27)7-8-23(22)26-9-13-31-14-10-26/h3-8,17-18H,9-16H2,1-2H3,(H,25,28). The first-order valence-electron chi connectivity index (χ1n) is 11.3. The van der Waals surface area contributed by atoms with Gasteiger partial charge in [0.05, 0.1) is 36.9 Å². The van der Waals surface area contributed by atoms with Crippen LogP contribution in [0.4, 0.5) is 11.4 Å². The number of rotatable bonds is 6. The monoisotopic (exact) mass is 473 g/mol. The minimum absolute atomic E-state index is 0.113. The summed E-state index contributed by atoms with van der Waals surface area (Å²) < 4.78 is 38.6. The number of nitrogens with one attached hydrogen (secondary N) is 1. The van der Waals surface area contributed by atoms with Crippen molar-refractivity contribution < 1.29 is 22.7 Å². The molecule has 0 aliphatic carbocycles. The third-order valence-corrected chi connectivity index (χ3v) is 7.90. The highest BCUT2D eigenvalue weighted by molar-refractivity contribution is 7.89. The highest BCUT2D eigenvalue weighted by Crippen LogP contribution is 2.28. The zero-order chi connectivity index (χ0) is 23.4. The lowest BCUT2D eigenvalue weighted by Crippen LogP contribution is -2.41. The summed E-state index contributed by atoms with van der Waals surface area (Å²) in [5.41, 5.74) is 2.88. The summed E-state index contributed by atoms with van der Waals surface area (Å²) in [7, 11) is -3.72. The van der Waals surface area contributed by atoms with Gasteiger partial charge >= 0.3 is 0 Å². The van der Waals surface area contributed by atoms with Crippen molar-refractivity contribution in [3.63, 3.8) is 0 Å². The Balaban J connectivity index is 1.66. The summed E-state index contributed by atoms with van der Waals surface area (Å²) in [6.07, 6.45) is 0. The highest BCUT2D eigenvalue weighted by Gasteiger charge is 2.29. The Morgan fingerprint density at radius 2 is 1.52 bits per heavy atom. The molecule has 2 fully saturated rings. The van der Waals surface area contributed by atoms with Crippen molar-refractivity contribution in [2.45, 2.75) is 24.7 Å². The molecule has 0 unspecified atom stereocenters. The summed E-state index contributed by atoms with van der Waals surface area (Å²) in [4.78, 5) is 15.5. The molecule has 0 bridgehead atoms. The molecular weight excluding hydrogens is 442 g/mol. The quantitative estimate of drug-likeness (QED) is 0.694. The number of hydrogen-bond acceptors (Lipinski definition) is 6. The molecule has 2 aromatic rings. The van der Waals surface area contributed by atoms with E-state index in [1.165, 1.54) is 15.9 Å². The molecule has 33 heavy (non-hydrogen) atoms. The van der Waals surface area contributed by atoms with Gasteiger partial charge < -0.3 is 19.7 Å². The van der Waals surface area contributed by atoms with Gasteiger partial charge in [-0.1, -0.05) is 26.0 Å². The predicted molar refractivity (Wildman–Crippen MR) is 128 cm³/mol. The van der Waals surface area contributed by atoms with Gasteiger partial charge in [0, 0.05) is 37.6 Å². The van der Waals surface area contributed by atoms with Crippen molar-refractivity contribution in [2.24, 2.45) is 0 Å². The van der Waals surface area contributed by atoms with Crippen LogP contribution in [0.1, 0.15) is 35.7 Å². The topological polar surface area (TPSA) is 88.2 Å². The van der Waals surface area contributed by atoms with Crippen LogP contribution in [0.15, 0.2) is 47.4 Å². The van der Waals surface area contributed by atoms with Crippen molar-refractivity contribution >= 4 is 27.3 Å². The molecule has 9 heteroatoms. The number of nitrogens with zero attached hydrogens (tertiary/aromatic N) is 2. The molecular formula is C24H31N3O5S. The van der Waals surface area contributed by atoms with Gasteiger partial charge in [0.15, 0.2) is 0 Å². The average molecular weight is 474 g/mol. The molecule has 0 radical (unpaired) electrons. The van der Waals surface area contributed by atoms with Crippen LogP contribution in [0.2, 0.25) is 0 Å². The number of benzene rings is 2. The zero-order valence-corrected chi connectivity index (χ0v) is 19.9. The van der Waals surface area contributed by atoms with Crippen molar-refractivity contribution in [1.82, 2.24) is 4.31 Å². The fourth-order valence-electron chi connectivity index (χ4n) is 4.02. The summed E-state index contributed by atoms with van der Waals surface area (Å²) in [6.45, 7) is 7.96. The second-order valence-corrected chi connectivity index (χ2v) is 10.5. The largest absolute Gasteiger partial charge is 0.379 e. The van der Waals surface area contributed by atoms with E-state index in [2.05, 4.69) is 24.1 Å². The van der Waals surface area contributed by atoms with Gasteiger partial charge in [0.1, 0.15) is 0 Å². The first-order valence-corrected chi connectivity index (χ1v) is 12.8. The number of morpholine rings is 2. The minimum Gasteiger partial charge on any atom is -0.379 e. The molecule has 2 saturated heterocycles. The van der Waals surface area contributed by atoms with Crippen LogP contribution >= 0.6 is 0 Å². The third kappa shape index (κ3) is 5.38. The van der Waals surface area contributed by atoms with Gasteiger partial charge in [-0.25, -0.2) is 8.42 Å². The molecule has 0 atom stereocenters. The number of hydrogen-bond donors (Lipinski definition) is 1. The molecule has 2 heterocycles. The Kier molecular flexibility index (Phi) is 7.33. The van der Waals surface area contributed by atoms with E-state index in [-0.39, 0.29) is 10.8 Å². The first kappa shape index (κ1) is 23.7. The summed E-state index contributed by atoms with van der Waals surface area (Å²) >= 11 is 0. The molecule has 4 rings (SSSR count). The first-order chi connectivity index (χ1) is 15.9. The lowest BCUT2D eigenvalue weighted by Gasteiger charge is -2.31. The molecule has 2 aromatic carbocycles. The molecule has 0 spiro atoms. The van der Waals surface area contributed by atoms with Crippen LogP contribution in [0.3, 0.4) is 0 Å². The number of ether oxygens (including phenoxy) is 2. The van der Waals surface area contributed by atoms with E-state index in [0.717, 1.165) is 0 Å². The molecule has 0 saturated carbocycles. The maximum absolute atomic E-state index is 13.4. The minimum atomic E-state index is -3.72. The normalized spacial score (nSPS) is 17.8. The number of sulfonamides is 1. The van der Waals surface area contributed by atoms with Gasteiger partial charge in [-0.05, 0) is 41.8 Å². The molecule has 2 aliphatic rings. The van der Waals surface area contributed by atoms with Crippen LogP contribution in [0, 0.1) is 0 Å². The van der Waals surface area contributed by atoms with Gasteiger partial charge in [-0.15, -0.1) is 0 Å². The molecule has 178 valence electrons. The lowest BCUT2D eigenvalue weighted by molar-refractivity contribution is 0.0730. The van der Waals surface area contributed by atoms with Crippen molar-refractivity contribution in [3.8, 4) is 0 Å². The van der Waals surface area contributed by atoms with E-state index in [4.69, 9.17) is 9.47 Å². The zero-order valence-electron chi connectivity index (χ0n) is 19.1. The molecule has 1 N–H and O–H groups in total. The third-order valence-electron chi connectivity index (χ3n) is 6.01. The van der Waals surface area contributed by atoms with E-state index in [9.17, 15) is 13.2 Å². The van der Waals surface area contributed by atoms with E-state index in [0.29, 0.717) is 75.5 Å². The van der Waals surface area contributed by atoms with Crippen molar-refractivity contribution in [1.29, 1.82) is 0 Å². The maximum Gasteiger partial charge on any atom is 0.257 e. The number of carbonyl (C=O) groups is 1. The molecule has 8 nitrogen and oxygen atoms in total. The van der Waals surface area contributed by atoms with Crippen molar-refractivity contribution in [2.75, 3.05) is 62.8 Å². The number of carbonyl (C=O) groups excluding carboxylic acids is 1. The van der Waals surface area contributed by atoms with Crippen LogP contribution < -0.4 is 10.2 Å². The van der Waals surface area contributed by atoms with E-state index in [1.54, 1.807) is 12.1 Å². The molecule has 0 aromatic heterocycles. The van der Waals surface area contributed by atoms with Crippen LogP contribution in [0.5, 0.6) is 0 Å². The smallest absolute Gasteiger partial charge is 0.257 e. The Morgan fingerprint density at radius 1 is 0.909 bits per heavy atom. The SMILES string of the molecule is CC(C)c1ccc(NC(=O)c2cc(S(=O)(=O)N3CCOCC3)ccc2N2CCOCC2)cc1. The van der Waals surface area contributed by atoms with Gasteiger partial charge in [-0.3, -0.25) is 4.79 Å². The van der Waals surface area contributed by atoms with Crippen LogP contribution in [-0.2, 0) is 19.5 Å². The Bertz CT molecular complexity index is 1070. The highest BCUT2D eigenvalue weighted by atomic mass is 32.2. The van der Waals surface area contributed by atoms with Gasteiger partial charge in [0.2, 0.25) is 10.0 Å². The average Bonchev–Trinajstić information content (AvgIpc) is 2.85. The van der Waals surface area contributed by atoms with Crippen molar-refractivity contribution in [3.05, 3.63) is 53.6 Å². The lowest BCUT2D eigenvalue weighted by atomic mass is 10.0. The van der Waals surface area contributed by atoms with E-state index < -0.39 is 10.0 Å². The Morgan fingerprint density at radius 3 is 2.12 bits per heavy atom. The van der Waals surface area contributed by atoms with Crippen LogP contribution in [0.25, 0.3) is 0 Å². The van der Waals surface area contributed by atoms with Crippen LogP contribution in [-0.4, -0.2) is 71.2 Å². The Labute approximate surface area is 195 Å². The maximum atomic E-state index is 13.4. The molecule has 2 aliphatic heterocycles. The fourth-order valence-corrected chi connectivity index (χ4v) is 5.46. The van der Waals surface area contributed by atoms with E-state index >= 15 is 0 Å². The summed E-state index contributed by atoms with van der Waals surface area (Å²) in [5.74, 6) is 0.0533. The van der Waals surface area contributed by atoms with E-state index in [1.807, 2.05) is 24.3 Å². The molecule has 1 amide bonds. The number of amides is 1. The summed E-state index contributed by atoms with van der Waals surface area (Å²) in [6, 6.07) is 12.5. The second-order valence-electron chi connectivity index (χ2n) is 8.53. The van der Waals surface area contributed by atoms with Gasteiger partial charge in [-0.2, -0.15) is 4.31 Å².